The molecule has 7 heteroatoms. The molecule has 0 radical (unpaired) electrons. The lowest BCUT2D eigenvalue weighted by Crippen LogP contribution is -2.21. The van der Waals surface area contributed by atoms with Gasteiger partial charge in [0.1, 0.15) is 12.4 Å². The van der Waals surface area contributed by atoms with Gasteiger partial charge in [0.2, 0.25) is 5.91 Å². The van der Waals surface area contributed by atoms with Crippen molar-refractivity contribution in [2.24, 2.45) is 11.0 Å². The highest BCUT2D eigenvalue weighted by Gasteiger charge is 2.29. The van der Waals surface area contributed by atoms with Crippen molar-refractivity contribution in [3.8, 4) is 5.75 Å². The van der Waals surface area contributed by atoms with E-state index < -0.39 is 9.84 Å². The third-order valence-corrected chi connectivity index (χ3v) is 6.15. The van der Waals surface area contributed by atoms with Crippen LogP contribution in [0.25, 0.3) is 0 Å². The molecule has 142 valence electrons. The summed E-state index contributed by atoms with van der Waals surface area (Å²) in [7, 11) is -2.97. The van der Waals surface area contributed by atoms with Crippen LogP contribution in [0.4, 0.5) is 0 Å². The largest absolute Gasteiger partial charge is 0.489 e. The molecule has 1 fully saturated rings. The Morgan fingerprint density at radius 2 is 2.00 bits per heavy atom. The first kappa shape index (κ1) is 19.1. The van der Waals surface area contributed by atoms with E-state index in [2.05, 4.69) is 10.5 Å². The Morgan fingerprint density at radius 1 is 1.19 bits per heavy atom. The number of hydrogen-bond donors (Lipinski definition) is 1. The van der Waals surface area contributed by atoms with Gasteiger partial charge in [-0.05, 0) is 35.6 Å². The molecule has 0 spiro atoms. The average Bonchev–Trinajstić information content (AvgIpc) is 2.99. The molecule has 1 atom stereocenters. The highest BCUT2D eigenvalue weighted by Crippen LogP contribution is 2.21. The molecule has 0 saturated carbocycles. The molecule has 2 aromatic rings. The normalized spacial score (nSPS) is 18.4. The lowest BCUT2D eigenvalue weighted by molar-refractivity contribution is -0.121. The van der Waals surface area contributed by atoms with Gasteiger partial charge in [0.05, 0.1) is 17.7 Å². The van der Waals surface area contributed by atoms with Crippen molar-refractivity contribution in [3.63, 3.8) is 0 Å². The van der Waals surface area contributed by atoms with Crippen molar-refractivity contribution in [1.29, 1.82) is 0 Å². The zero-order valence-electron chi connectivity index (χ0n) is 14.9. The molecule has 0 aliphatic carbocycles. The second-order valence-corrected chi connectivity index (χ2v) is 8.84. The molecule has 3 rings (SSSR count). The van der Waals surface area contributed by atoms with Gasteiger partial charge in [-0.3, -0.25) is 4.79 Å². The van der Waals surface area contributed by atoms with Gasteiger partial charge in [-0.1, -0.05) is 42.5 Å². The van der Waals surface area contributed by atoms with Crippen LogP contribution in [-0.4, -0.2) is 32.0 Å². The number of carbonyl (C=O) groups is 1. The SMILES string of the molecule is O=C(C[C@@H]1CCS(=O)(=O)C1)N/N=C\c1cccc(OCc2ccccc2)c1. The van der Waals surface area contributed by atoms with E-state index in [9.17, 15) is 13.2 Å². The maximum absolute atomic E-state index is 11.9. The Balaban J connectivity index is 1.48. The van der Waals surface area contributed by atoms with Crippen LogP contribution >= 0.6 is 0 Å². The van der Waals surface area contributed by atoms with E-state index in [0.29, 0.717) is 18.8 Å². The van der Waals surface area contributed by atoms with Crippen LogP contribution in [0.1, 0.15) is 24.0 Å². The zero-order chi connectivity index (χ0) is 19.1. The fourth-order valence-electron chi connectivity index (χ4n) is 2.95. The molecule has 0 bridgehead atoms. The molecule has 27 heavy (non-hydrogen) atoms. The van der Waals surface area contributed by atoms with Crippen LogP contribution in [0.2, 0.25) is 0 Å². The number of hydrazone groups is 1. The summed E-state index contributed by atoms with van der Waals surface area (Å²) in [4.78, 5) is 11.9. The van der Waals surface area contributed by atoms with E-state index in [0.717, 1.165) is 11.1 Å². The fraction of sp³-hybridized carbons (Fsp3) is 0.300. The maximum atomic E-state index is 11.9. The number of ether oxygens (including phenoxy) is 1. The van der Waals surface area contributed by atoms with Crippen molar-refractivity contribution >= 4 is 22.0 Å². The number of nitrogens with one attached hydrogen (secondary N) is 1. The number of sulfone groups is 1. The minimum absolute atomic E-state index is 0.0882. The number of benzene rings is 2. The van der Waals surface area contributed by atoms with Crippen molar-refractivity contribution in [3.05, 3.63) is 65.7 Å². The van der Waals surface area contributed by atoms with Gasteiger partial charge in [-0.2, -0.15) is 5.10 Å². The maximum Gasteiger partial charge on any atom is 0.240 e. The summed E-state index contributed by atoms with van der Waals surface area (Å²) < 4.78 is 28.6. The molecule has 6 nitrogen and oxygen atoms in total. The first-order valence-electron chi connectivity index (χ1n) is 8.79. The third kappa shape index (κ3) is 6.21. The first-order chi connectivity index (χ1) is 13.0. The molecular weight excluding hydrogens is 364 g/mol. The molecule has 1 saturated heterocycles. The lowest BCUT2D eigenvalue weighted by Gasteiger charge is -2.07. The molecule has 1 aliphatic heterocycles. The predicted octanol–water partition coefficient (Wildman–Crippen LogP) is 2.54. The second kappa shape index (κ2) is 8.81. The van der Waals surface area contributed by atoms with Gasteiger partial charge in [0.15, 0.2) is 9.84 Å². The minimum atomic E-state index is -2.97. The number of rotatable bonds is 7. The predicted molar refractivity (Wildman–Crippen MR) is 104 cm³/mol. The Morgan fingerprint density at radius 3 is 2.74 bits per heavy atom. The fourth-order valence-corrected chi connectivity index (χ4v) is 4.81. The van der Waals surface area contributed by atoms with Gasteiger partial charge >= 0.3 is 0 Å². The van der Waals surface area contributed by atoms with Gasteiger partial charge in [0, 0.05) is 6.42 Å². The number of nitrogens with zero attached hydrogens (tertiary/aromatic N) is 1. The number of hydrogen-bond acceptors (Lipinski definition) is 5. The topological polar surface area (TPSA) is 84.8 Å². The van der Waals surface area contributed by atoms with E-state index in [1.54, 1.807) is 6.21 Å². The van der Waals surface area contributed by atoms with Crippen LogP contribution < -0.4 is 10.2 Å². The van der Waals surface area contributed by atoms with Gasteiger partial charge in [-0.25, -0.2) is 13.8 Å². The Bertz CT molecular complexity index is 911. The van der Waals surface area contributed by atoms with E-state index in [1.807, 2.05) is 54.6 Å². The third-order valence-electron chi connectivity index (χ3n) is 4.31. The summed E-state index contributed by atoms with van der Waals surface area (Å²) in [5.41, 5.74) is 4.33. The number of carbonyl (C=O) groups excluding carboxylic acids is 1. The molecule has 0 unspecified atom stereocenters. The standard InChI is InChI=1S/C20H22N2O4S/c23-20(12-18-9-10-27(24,25)15-18)22-21-13-17-7-4-8-19(11-17)26-14-16-5-2-1-3-6-16/h1-8,11,13,18H,9-10,12,14-15H2,(H,22,23)/b21-13-/t18-/m0/s1. The molecule has 1 aliphatic rings. The van der Waals surface area contributed by atoms with Crippen LogP contribution in [0, 0.1) is 5.92 Å². The lowest BCUT2D eigenvalue weighted by atomic mass is 10.1. The van der Waals surface area contributed by atoms with Crippen LogP contribution in [-0.2, 0) is 21.2 Å². The van der Waals surface area contributed by atoms with Crippen molar-refractivity contribution < 1.29 is 17.9 Å². The van der Waals surface area contributed by atoms with Crippen molar-refractivity contribution in [2.45, 2.75) is 19.4 Å². The van der Waals surface area contributed by atoms with E-state index >= 15 is 0 Å². The molecular formula is C20H22N2O4S. The van der Waals surface area contributed by atoms with Crippen LogP contribution in [0.5, 0.6) is 5.75 Å². The Labute approximate surface area is 159 Å². The number of amides is 1. The van der Waals surface area contributed by atoms with Crippen LogP contribution in [0.15, 0.2) is 59.7 Å². The molecule has 0 aromatic heterocycles. The van der Waals surface area contributed by atoms with E-state index in [4.69, 9.17) is 4.74 Å². The molecule has 2 aromatic carbocycles. The summed E-state index contributed by atoms with van der Waals surface area (Å²) >= 11 is 0. The van der Waals surface area contributed by atoms with Crippen molar-refractivity contribution in [2.75, 3.05) is 11.5 Å². The summed E-state index contributed by atoms with van der Waals surface area (Å²) in [5, 5.41) is 3.95. The van der Waals surface area contributed by atoms with Gasteiger partial charge in [-0.15, -0.1) is 0 Å². The second-order valence-electron chi connectivity index (χ2n) is 6.61. The molecule has 1 N–H and O–H groups in total. The highest BCUT2D eigenvalue weighted by atomic mass is 32.2. The monoisotopic (exact) mass is 386 g/mol. The minimum Gasteiger partial charge on any atom is -0.489 e. The highest BCUT2D eigenvalue weighted by molar-refractivity contribution is 7.91. The van der Waals surface area contributed by atoms with E-state index in [-0.39, 0.29) is 29.8 Å². The molecule has 1 amide bonds. The molecule has 1 heterocycles. The first-order valence-corrected chi connectivity index (χ1v) is 10.6. The Kier molecular flexibility index (Phi) is 6.24. The van der Waals surface area contributed by atoms with Crippen LogP contribution in [0.3, 0.4) is 0 Å². The average molecular weight is 386 g/mol. The van der Waals surface area contributed by atoms with E-state index in [1.165, 1.54) is 0 Å². The summed E-state index contributed by atoms with van der Waals surface area (Å²) in [6.07, 6.45) is 2.26. The Hall–Kier alpha value is -2.67. The van der Waals surface area contributed by atoms with Gasteiger partial charge in [0.25, 0.3) is 0 Å². The quantitative estimate of drug-likeness (QED) is 0.585. The zero-order valence-corrected chi connectivity index (χ0v) is 15.7. The summed E-state index contributed by atoms with van der Waals surface area (Å²) in [6, 6.07) is 17.3. The summed E-state index contributed by atoms with van der Waals surface area (Å²) in [6.45, 7) is 0.475. The van der Waals surface area contributed by atoms with Crippen molar-refractivity contribution in [1.82, 2.24) is 5.43 Å². The van der Waals surface area contributed by atoms with Gasteiger partial charge < -0.3 is 4.74 Å². The summed E-state index contributed by atoms with van der Waals surface area (Å²) in [5.74, 6) is 0.588. The smallest absolute Gasteiger partial charge is 0.240 e.